The van der Waals surface area contributed by atoms with Gasteiger partial charge in [0.05, 0.1) is 0 Å². The molecule has 0 radical (unpaired) electrons. The van der Waals surface area contributed by atoms with Crippen molar-refractivity contribution in [3.8, 4) is 11.5 Å². The maximum Gasteiger partial charge on any atom is 0.119 e. The molecule has 2 heteroatoms. The van der Waals surface area contributed by atoms with Crippen LogP contribution >= 0.6 is 0 Å². The van der Waals surface area contributed by atoms with Gasteiger partial charge in [-0.25, -0.2) is 0 Å². The number of phenolic OH excluding ortho intramolecular Hbond substituents is 2. The molecule has 2 nitrogen and oxygen atoms in total. The summed E-state index contributed by atoms with van der Waals surface area (Å²) >= 11 is 0. The molecule has 0 aliphatic rings. The number of rotatable bonds is 5. The minimum Gasteiger partial charge on any atom is -0.508 e. The average Bonchev–Trinajstić information content (AvgIpc) is 2.20. The van der Waals surface area contributed by atoms with E-state index in [2.05, 4.69) is 6.92 Å². The molecule has 0 atom stereocenters. The fourth-order valence-corrected chi connectivity index (χ4v) is 1.67. The first-order chi connectivity index (χ1) is 7.15. The maximum absolute atomic E-state index is 9.66. The largest absolute Gasteiger partial charge is 0.508 e. The Bertz CT molecular complexity index is 319. The average molecular weight is 208 g/mol. The smallest absolute Gasteiger partial charge is 0.119 e. The third kappa shape index (κ3) is 3.46. The van der Waals surface area contributed by atoms with Crippen molar-refractivity contribution in [1.82, 2.24) is 0 Å². The summed E-state index contributed by atoms with van der Waals surface area (Å²) in [7, 11) is 0. The number of aromatic hydroxyl groups is 2. The third-order valence-electron chi connectivity index (χ3n) is 2.70. The first-order valence-corrected chi connectivity index (χ1v) is 5.66. The van der Waals surface area contributed by atoms with Crippen LogP contribution in [0.25, 0.3) is 0 Å². The van der Waals surface area contributed by atoms with Gasteiger partial charge in [-0.15, -0.1) is 0 Å². The van der Waals surface area contributed by atoms with E-state index in [0.29, 0.717) is 5.75 Å². The first-order valence-electron chi connectivity index (χ1n) is 5.66. The van der Waals surface area contributed by atoms with E-state index in [1.165, 1.54) is 19.3 Å². The van der Waals surface area contributed by atoms with E-state index in [1.807, 2.05) is 0 Å². The lowest BCUT2D eigenvalue weighted by Gasteiger charge is -2.07. The molecular weight excluding hydrogens is 188 g/mol. The van der Waals surface area contributed by atoms with E-state index in [0.717, 1.165) is 24.0 Å². The van der Waals surface area contributed by atoms with E-state index in [1.54, 1.807) is 19.1 Å². The fraction of sp³-hybridized carbons (Fsp3) is 0.538. The van der Waals surface area contributed by atoms with Crippen molar-refractivity contribution in [2.45, 2.75) is 46.0 Å². The third-order valence-corrected chi connectivity index (χ3v) is 2.70. The normalized spacial score (nSPS) is 10.5. The molecule has 1 rings (SSSR count). The lowest BCUT2D eigenvalue weighted by molar-refractivity contribution is 0.449. The number of aryl methyl sites for hydroxylation is 2. The highest BCUT2D eigenvalue weighted by molar-refractivity contribution is 5.44. The molecular formula is C13H20O2. The summed E-state index contributed by atoms with van der Waals surface area (Å²) in [6, 6.07) is 3.31. The van der Waals surface area contributed by atoms with Crippen LogP contribution in [0.4, 0.5) is 0 Å². The molecule has 1 aromatic rings. The van der Waals surface area contributed by atoms with Crippen LogP contribution in [0, 0.1) is 6.92 Å². The SMILES string of the molecule is CCCCCCc1cc(O)c(C)cc1O. The van der Waals surface area contributed by atoms with Crippen LogP contribution in [0.3, 0.4) is 0 Å². The van der Waals surface area contributed by atoms with Crippen molar-refractivity contribution in [3.05, 3.63) is 23.3 Å². The predicted molar refractivity (Wildman–Crippen MR) is 62.4 cm³/mol. The molecule has 0 unspecified atom stereocenters. The molecule has 0 aromatic heterocycles. The monoisotopic (exact) mass is 208 g/mol. The zero-order valence-electron chi connectivity index (χ0n) is 9.58. The van der Waals surface area contributed by atoms with E-state index < -0.39 is 0 Å². The maximum atomic E-state index is 9.66. The van der Waals surface area contributed by atoms with Gasteiger partial charge in [-0.3, -0.25) is 0 Å². The van der Waals surface area contributed by atoms with Crippen molar-refractivity contribution in [2.24, 2.45) is 0 Å². The van der Waals surface area contributed by atoms with Gasteiger partial charge >= 0.3 is 0 Å². The van der Waals surface area contributed by atoms with E-state index >= 15 is 0 Å². The highest BCUT2D eigenvalue weighted by Gasteiger charge is 2.05. The minimum atomic E-state index is 0.276. The molecule has 1 aromatic carbocycles. The van der Waals surface area contributed by atoms with E-state index in [4.69, 9.17) is 0 Å². The second-order valence-corrected chi connectivity index (χ2v) is 4.08. The second-order valence-electron chi connectivity index (χ2n) is 4.08. The zero-order chi connectivity index (χ0) is 11.3. The number of phenols is 2. The molecule has 0 bridgehead atoms. The summed E-state index contributed by atoms with van der Waals surface area (Å²) in [6.07, 6.45) is 5.55. The number of unbranched alkanes of at least 4 members (excludes halogenated alkanes) is 3. The molecule has 0 heterocycles. The molecule has 0 aliphatic carbocycles. The Hall–Kier alpha value is -1.18. The Morgan fingerprint density at radius 3 is 2.40 bits per heavy atom. The van der Waals surface area contributed by atoms with Crippen LogP contribution in [0.15, 0.2) is 12.1 Å². The van der Waals surface area contributed by atoms with Crippen LogP contribution < -0.4 is 0 Å². The van der Waals surface area contributed by atoms with Gasteiger partial charge in [-0.2, -0.15) is 0 Å². The number of hydrogen-bond donors (Lipinski definition) is 2. The van der Waals surface area contributed by atoms with Gasteiger partial charge in [0.2, 0.25) is 0 Å². The fourth-order valence-electron chi connectivity index (χ4n) is 1.67. The summed E-state index contributed by atoms with van der Waals surface area (Å²) in [6.45, 7) is 3.96. The quantitative estimate of drug-likeness (QED) is 0.574. The summed E-state index contributed by atoms with van der Waals surface area (Å²) in [5, 5.41) is 19.2. The molecule has 84 valence electrons. The molecule has 2 N–H and O–H groups in total. The highest BCUT2D eigenvalue weighted by Crippen LogP contribution is 2.27. The van der Waals surface area contributed by atoms with Gasteiger partial charge in [0.25, 0.3) is 0 Å². The zero-order valence-corrected chi connectivity index (χ0v) is 9.58. The van der Waals surface area contributed by atoms with Crippen LogP contribution in [0.5, 0.6) is 11.5 Å². The second kappa shape index (κ2) is 5.64. The number of hydrogen-bond acceptors (Lipinski definition) is 2. The van der Waals surface area contributed by atoms with Crippen molar-refractivity contribution < 1.29 is 10.2 Å². The first kappa shape index (κ1) is 11.9. The predicted octanol–water partition coefficient (Wildman–Crippen LogP) is 3.53. The van der Waals surface area contributed by atoms with Crippen LogP contribution in [-0.2, 0) is 6.42 Å². The van der Waals surface area contributed by atoms with Gasteiger partial charge < -0.3 is 10.2 Å². The van der Waals surface area contributed by atoms with Gasteiger partial charge in [0.1, 0.15) is 11.5 Å². The van der Waals surface area contributed by atoms with E-state index in [9.17, 15) is 10.2 Å². The Labute approximate surface area is 91.6 Å². The lowest BCUT2D eigenvalue weighted by atomic mass is 10.0. The highest BCUT2D eigenvalue weighted by atomic mass is 16.3. The van der Waals surface area contributed by atoms with Crippen LogP contribution in [0.1, 0.15) is 43.7 Å². The Morgan fingerprint density at radius 1 is 1.00 bits per heavy atom. The molecule has 0 amide bonds. The van der Waals surface area contributed by atoms with Crippen molar-refractivity contribution in [1.29, 1.82) is 0 Å². The van der Waals surface area contributed by atoms with Gasteiger partial charge in [-0.05, 0) is 43.0 Å². The summed E-state index contributed by atoms with van der Waals surface area (Å²) in [5.74, 6) is 0.583. The summed E-state index contributed by atoms with van der Waals surface area (Å²) < 4.78 is 0. The van der Waals surface area contributed by atoms with Crippen molar-refractivity contribution in [3.63, 3.8) is 0 Å². The summed E-state index contributed by atoms with van der Waals surface area (Å²) in [5.41, 5.74) is 1.58. The lowest BCUT2D eigenvalue weighted by Crippen LogP contribution is -1.88. The molecule has 0 aliphatic heterocycles. The summed E-state index contributed by atoms with van der Waals surface area (Å²) in [4.78, 5) is 0. The number of benzene rings is 1. The molecule has 0 fully saturated rings. The molecule has 15 heavy (non-hydrogen) atoms. The van der Waals surface area contributed by atoms with Crippen LogP contribution in [0.2, 0.25) is 0 Å². The van der Waals surface area contributed by atoms with Gasteiger partial charge in [0, 0.05) is 0 Å². The molecule has 0 spiro atoms. The minimum absolute atomic E-state index is 0.276. The van der Waals surface area contributed by atoms with Crippen LogP contribution in [-0.4, -0.2) is 10.2 Å². The van der Waals surface area contributed by atoms with Crippen molar-refractivity contribution in [2.75, 3.05) is 0 Å². The topological polar surface area (TPSA) is 40.5 Å². The Balaban J connectivity index is 2.57. The van der Waals surface area contributed by atoms with E-state index in [-0.39, 0.29) is 5.75 Å². The molecule has 0 saturated heterocycles. The van der Waals surface area contributed by atoms with Gasteiger partial charge in [0.15, 0.2) is 0 Å². The van der Waals surface area contributed by atoms with Crippen molar-refractivity contribution >= 4 is 0 Å². The molecule has 0 saturated carbocycles. The Kier molecular flexibility index (Phi) is 4.47. The Morgan fingerprint density at radius 2 is 1.73 bits per heavy atom. The standard InChI is InChI=1S/C13H20O2/c1-3-4-5-6-7-11-9-12(14)10(2)8-13(11)15/h8-9,14-15H,3-7H2,1-2H3. The van der Waals surface area contributed by atoms with Gasteiger partial charge in [-0.1, -0.05) is 26.2 Å².